The van der Waals surface area contributed by atoms with Crippen molar-refractivity contribution in [3.8, 4) is 11.4 Å². The molecule has 126 valence electrons. The van der Waals surface area contributed by atoms with Gasteiger partial charge in [0.05, 0.1) is 12.9 Å². The molecule has 3 rings (SSSR count). The van der Waals surface area contributed by atoms with Crippen molar-refractivity contribution in [3.05, 3.63) is 54.4 Å². The Hall–Kier alpha value is -2.47. The van der Waals surface area contributed by atoms with Crippen LogP contribution >= 0.6 is 0 Å². The minimum absolute atomic E-state index is 0.299. The van der Waals surface area contributed by atoms with Gasteiger partial charge in [0.25, 0.3) is 0 Å². The molecule has 2 aromatic heterocycles. The van der Waals surface area contributed by atoms with Crippen LogP contribution in [0.25, 0.3) is 11.4 Å². The van der Waals surface area contributed by atoms with Crippen LogP contribution in [0.15, 0.2) is 47.5 Å². The highest BCUT2D eigenvalue weighted by atomic mass is 16.5. The van der Waals surface area contributed by atoms with Gasteiger partial charge in [-0.05, 0) is 18.4 Å². The summed E-state index contributed by atoms with van der Waals surface area (Å²) in [7, 11) is 0. The molecular formula is C18H23N5O. The summed E-state index contributed by atoms with van der Waals surface area (Å²) in [5.41, 5.74) is 2.14. The van der Waals surface area contributed by atoms with Gasteiger partial charge in [-0.2, -0.15) is 4.98 Å². The zero-order valence-electron chi connectivity index (χ0n) is 14.3. The third kappa shape index (κ3) is 3.89. The largest absolute Gasteiger partial charge is 0.338 e. The molecule has 0 amide bonds. The van der Waals surface area contributed by atoms with Crippen LogP contribution in [0.1, 0.15) is 25.3 Å². The van der Waals surface area contributed by atoms with Crippen molar-refractivity contribution in [2.45, 2.75) is 39.9 Å². The third-order valence-corrected chi connectivity index (χ3v) is 4.14. The highest BCUT2D eigenvalue weighted by molar-refractivity contribution is 5.58. The number of aromatic nitrogens is 4. The Bertz CT molecular complexity index is 763. The minimum atomic E-state index is 0.299. The number of imidazole rings is 1. The number of aryl methyl sites for hydroxylation is 1. The summed E-state index contributed by atoms with van der Waals surface area (Å²) >= 11 is 0. The average Bonchev–Trinajstić information content (AvgIpc) is 3.23. The first-order valence-electron chi connectivity index (χ1n) is 8.21. The van der Waals surface area contributed by atoms with Gasteiger partial charge in [0.1, 0.15) is 0 Å². The van der Waals surface area contributed by atoms with E-state index in [1.54, 1.807) is 6.20 Å². The summed E-state index contributed by atoms with van der Waals surface area (Å²) in [6.07, 6.45) is 5.60. The lowest BCUT2D eigenvalue weighted by molar-refractivity contribution is 0.315. The van der Waals surface area contributed by atoms with Gasteiger partial charge in [-0.25, -0.2) is 4.98 Å². The molecule has 0 aliphatic rings. The molecule has 0 spiro atoms. The second-order valence-electron chi connectivity index (χ2n) is 6.32. The summed E-state index contributed by atoms with van der Waals surface area (Å²) in [5.74, 6) is 1.72. The fraction of sp³-hybridized carbons (Fsp3) is 0.389. The summed E-state index contributed by atoms with van der Waals surface area (Å²) in [5, 5.41) is 7.61. The molecule has 24 heavy (non-hydrogen) atoms. The molecular weight excluding hydrogens is 302 g/mol. The molecule has 6 nitrogen and oxygen atoms in total. The first kappa shape index (κ1) is 16.4. The number of nitrogens with zero attached hydrogens (tertiary/aromatic N) is 4. The molecule has 0 saturated heterocycles. The molecule has 0 bridgehead atoms. The Labute approximate surface area is 141 Å². The monoisotopic (exact) mass is 325 g/mol. The third-order valence-electron chi connectivity index (χ3n) is 4.14. The van der Waals surface area contributed by atoms with Crippen molar-refractivity contribution in [2.75, 3.05) is 0 Å². The van der Waals surface area contributed by atoms with Gasteiger partial charge in [0.15, 0.2) is 0 Å². The van der Waals surface area contributed by atoms with Crippen LogP contribution in [-0.2, 0) is 13.1 Å². The van der Waals surface area contributed by atoms with E-state index >= 15 is 0 Å². The predicted molar refractivity (Wildman–Crippen MR) is 92.2 cm³/mol. The molecule has 1 aromatic carbocycles. The Morgan fingerprint density at radius 1 is 1.25 bits per heavy atom. The van der Waals surface area contributed by atoms with E-state index in [-0.39, 0.29) is 0 Å². The number of rotatable bonds is 7. The highest BCUT2D eigenvalue weighted by Crippen LogP contribution is 2.19. The Kier molecular flexibility index (Phi) is 5.05. The molecule has 3 aromatic rings. The van der Waals surface area contributed by atoms with Crippen LogP contribution in [-0.4, -0.2) is 25.7 Å². The molecule has 1 N–H and O–H groups in total. The van der Waals surface area contributed by atoms with E-state index in [1.807, 2.05) is 43.7 Å². The van der Waals surface area contributed by atoms with Gasteiger partial charge < -0.3 is 14.4 Å². The second-order valence-corrected chi connectivity index (χ2v) is 6.32. The fourth-order valence-electron chi connectivity index (χ4n) is 2.61. The van der Waals surface area contributed by atoms with Crippen molar-refractivity contribution in [1.82, 2.24) is 25.0 Å². The highest BCUT2D eigenvalue weighted by Gasteiger charge is 2.16. The molecule has 0 saturated carbocycles. The van der Waals surface area contributed by atoms with Crippen LogP contribution in [0.3, 0.4) is 0 Å². The maximum Gasteiger partial charge on any atom is 0.240 e. The zero-order valence-corrected chi connectivity index (χ0v) is 14.3. The Balaban J connectivity index is 1.64. The van der Waals surface area contributed by atoms with E-state index in [9.17, 15) is 0 Å². The molecule has 0 fully saturated rings. The van der Waals surface area contributed by atoms with E-state index in [0.717, 1.165) is 17.7 Å². The van der Waals surface area contributed by atoms with E-state index < -0.39 is 0 Å². The summed E-state index contributed by atoms with van der Waals surface area (Å²) in [6.45, 7) is 7.85. The Morgan fingerprint density at radius 2 is 2.08 bits per heavy atom. The standard InChI is InChI=1S/C18H23N5O/c1-13(2)16(11-23-9-8-19-12-23)20-10-17-21-18(22-24-17)15-7-5-4-6-14(15)3/h4-9,12-13,16,20H,10-11H2,1-3H3. The number of hydrogen-bond acceptors (Lipinski definition) is 5. The summed E-state index contributed by atoms with van der Waals surface area (Å²) in [4.78, 5) is 8.60. The molecule has 0 radical (unpaired) electrons. The Morgan fingerprint density at radius 3 is 2.79 bits per heavy atom. The number of nitrogens with one attached hydrogen (secondary N) is 1. The van der Waals surface area contributed by atoms with Gasteiger partial charge in [-0.3, -0.25) is 0 Å². The van der Waals surface area contributed by atoms with Gasteiger partial charge in [-0.1, -0.05) is 43.3 Å². The van der Waals surface area contributed by atoms with Crippen molar-refractivity contribution in [2.24, 2.45) is 5.92 Å². The van der Waals surface area contributed by atoms with Gasteiger partial charge >= 0.3 is 0 Å². The summed E-state index contributed by atoms with van der Waals surface area (Å²) < 4.78 is 7.47. The summed E-state index contributed by atoms with van der Waals surface area (Å²) in [6, 6.07) is 8.34. The van der Waals surface area contributed by atoms with Crippen molar-refractivity contribution in [3.63, 3.8) is 0 Å². The van der Waals surface area contributed by atoms with Crippen LogP contribution in [0, 0.1) is 12.8 Å². The van der Waals surface area contributed by atoms with Crippen LogP contribution < -0.4 is 5.32 Å². The lowest BCUT2D eigenvalue weighted by Crippen LogP contribution is -2.37. The van der Waals surface area contributed by atoms with Crippen LogP contribution in [0.2, 0.25) is 0 Å². The smallest absolute Gasteiger partial charge is 0.240 e. The molecule has 2 heterocycles. The average molecular weight is 325 g/mol. The molecule has 1 unspecified atom stereocenters. The van der Waals surface area contributed by atoms with Crippen LogP contribution in [0.5, 0.6) is 0 Å². The normalized spacial score (nSPS) is 12.7. The fourth-order valence-corrected chi connectivity index (χ4v) is 2.61. The van der Waals surface area contributed by atoms with Crippen molar-refractivity contribution in [1.29, 1.82) is 0 Å². The number of benzene rings is 1. The van der Waals surface area contributed by atoms with E-state index in [2.05, 4.69) is 38.9 Å². The molecule has 0 aliphatic carbocycles. The van der Waals surface area contributed by atoms with E-state index in [4.69, 9.17) is 4.52 Å². The SMILES string of the molecule is Cc1ccccc1-c1noc(CNC(Cn2ccnc2)C(C)C)n1. The maximum atomic E-state index is 5.40. The number of hydrogen-bond donors (Lipinski definition) is 1. The van der Waals surface area contributed by atoms with Gasteiger partial charge in [0.2, 0.25) is 11.7 Å². The maximum absolute atomic E-state index is 5.40. The lowest BCUT2D eigenvalue weighted by atomic mass is 10.0. The van der Waals surface area contributed by atoms with E-state index in [0.29, 0.717) is 30.2 Å². The quantitative estimate of drug-likeness (QED) is 0.723. The predicted octanol–water partition coefficient (Wildman–Crippen LogP) is 3.06. The van der Waals surface area contributed by atoms with Crippen LogP contribution in [0.4, 0.5) is 0 Å². The first-order valence-corrected chi connectivity index (χ1v) is 8.21. The van der Waals surface area contributed by atoms with Crippen molar-refractivity contribution < 1.29 is 4.52 Å². The van der Waals surface area contributed by atoms with Crippen molar-refractivity contribution >= 4 is 0 Å². The topological polar surface area (TPSA) is 68.8 Å². The molecule has 1 atom stereocenters. The lowest BCUT2D eigenvalue weighted by Gasteiger charge is -2.22. The van der Waals surface area contributed by atoms with Gasteiger partial charge in [0, 0.05) is 30.5 Å². The van der Waals surface area contributed by atoms with Gasteiger partial charge in [-0.15, -0.1) is 0 Å². The first-order chi connectivity index (χ1) is 11.6. The molecule has 6 heteroatoms. The van der Waals surface area contributed by atoms with E-state index in [1.165, 1.54) is 0 Å². The molecule has 0 aliphatic heterocycles. The minimum Gasteiger partial charge on any atom is -0.338 e. The second kappa shape index (κ2) is 7.40. The zero-order chi connectivity index (χ0) is 16.9.